The molecule has 0 heterocycles. The van der Waals surface area contributed by atoms with Gasteiger partial charge < -0.3 is 5.32 Å². The standard InChI is InChI=1S/C19H29NS/c1-18(2,3)20-14-19(12-15-11-16(15)13-19)9-10-21-17-7-5-4-6-8-17/h4-8,15-16,20H,9-14H2,1-3H3. The molecule has 2 aliphatic carbocycles. The Balaban J connectivity index is 1.53. The molecule has 0 radical (unpaired) electrons. The van der Waals surface area contributed by atoms with Crippen molar-refractivity contribution in [2.24, 2.45) is 17.3 Å². The van der Waals surface area contributed by atoms with Crippen LogP contribution in [0.15, 0.2) is 35.2 Å². The molecule has 116 valence electrons. The van der Waals surface area contributed by atoms with Crippen LogP contribution in [-0.2, 0) is 0 Å². The van der Waals surface area contributed by atoms with Crippen molar-refractivity contribution in [3.8, 4) is 0 Å². The van der Waals surface area contributed by atoms with Gasteiger partial charge >= 0.3 is 0 Å². The normalized spacial score (nSPS) is 31.2. The quantitative estimate of drug-likeness (QED) is 0.744. The highest BCUT2D eigenvalue weighted by atomic mass is 32.2. The Hall–Kier alpha value is -0.470. The minimum atomic E-state index is 0.242. The van der Waals surface area contributed by atoms with Crippen molar-refractivity contribution in [1.29, 1.82) is 0 Å². The highest BCUT2D eigenvalue weighted by Gasteiger charge is 2.53. The zero-order valence-corrected chi connectivity index (χ0v) is 14.5. The van der Waals surface area contributed by atoms with E-state index in [1.54, 1.807) is 0 Å². The van der Waals surface area contributed by atoms with Crippen LogP contribution in [0.3, 0.4) is 0 Å². The summed E-state index contributed by atoms with van der Waals surface area (Å²) in [6.07, 6.45) is 5.82. The molecule has 0 saturated heterocycles. The zero-order valence-electron chi connectivity index (χ0n) is 13.7. The molecule has 1 N–H and O–H groups in total. The maximum absolute atomic E-state index is 3.79. The molecule has 1 aromatic carbocycles. The number of fused-ring (bicyclic) bond motifs is 1. The molecule has 2 heteroatoms. The van der Waals surface area contributed by atoms with E-state index in [2.05, 4.69) is 56.4 Å². The van der Waals surface area contributed by atoms with Gasteiger partial charge in [0.25, 0.3) is 0 Å². The summed E-state index contributed by atoms with van der Waals surface area (Å²) in [5.74, 6) is 3.39. The monoisotopic (exact) mass is 303 g/mol. The molecular formula is C19H29NS. The maximum atomic E-state index is 3.79. The predicted molar refractivity (Wildman–Crippen MR) is 92.8 cm³/mol. The third-order valence-electron chi connectivity index (χ3n) is 5.10. The summed E-state index contributed by atoms with van der Waals surface area (Å²) in [6, 6.07) is 10.9. The van der Waals surface area contributed by atoms with E-state index >= 15 is 0 Å². The van der Waals surface area contributed by atoms with Gasteiger partial charge in [-0.2, -0.15) is 0 Å². The fraction of sp³-hybridized carbons (Fsp3) is 0.684. The first-order valence-corrected chi connectivity index (χ1v) is 9.37. The van der Waals surface area contributed by atoms with Crippen molar-refractivity contribution in [1.82, 2.24) is 5.32 Å². The Morgan fingerprint density at radius 2 is 1.81 bits per heavy atom. The second kappa shape index (κ2) is 5.96. The summed E-state index contributed by atoms with van der Waals surface area (Å²) in [4.78, 5) is 1.42. The van der Waals surface area contributed by atoms with Gasteiger partial charge in [-0.25, -0.2) is 0 Å². The first-order valence-electron chi connectivity index (χ1n) is 8.39. The van der Waals surface area contributed by atoms with Gasteiger partial charge in [-0.3, -0.25) is 0 Å². The molecule has 0 bridgehead atoms. The van der Waals surface area contributed by atoms with Gasteiger partial charge in [0, 0.05) is 17.0 Å². The van der Waals surface area contributed by atoms with E-state index in [1.165, 1.54) is 42.9 Å². The number of nitrogens with one attached hydrogen (secondary N) is 1. The molecule has 3 rings (SSSR count). The molecular weight excluding hydrogens is 274 g/mol. The first-order chi connectivity index (χ1) is 9.96. The van der Waals surface area contributed by atoms with Gasteiger partial charge in [0.2, 0.25) is 0 Å². The molecule has 0 spiro atoms. The molecule has 0 amide bonds. The summed E-state index contributed by atoms with van der Waals surface area (Å²) in [5, 5.41) is 3.79. The fourth-order valence-electron chi connectivity index (χ4n) is 3.80. The van der Waals surface area contributed by atoms with Crippen molar-refractivity contribution in [3.05, 3.63) is 30.3 Å². The van der Waals surface area contributed by atoms with Crippen LogP contribution >= 0.6 is 11.8 Å². The Labute approximate surface area is 134 Å². The lowest BCUT2D eigenvalue weighted by Crippen LogP contribution is -2.43. The van der Waals surface area contributed by atoms with Gasteiger partial charge in [-0.1, -0.05) is 18.2 Å². The Morgan fingerprint density at radius 1 is 1.14 bits per heavy atom. The van der Waals surface area contributed by atoms with E-state index in [9.17, 15) is 0 Å². The van der Waals surface area contributed by atoms with E-state index in [4.69, 9.17) is 0 Å². The number of hydrogen-bond donors (Lipinski definition) is 1. The minimum Gasteiger partial charge on any atom is -0.312 e. The van der Waals surface area contributed by atoms with Crippen molar-refractivity contribution in [3.63, 3.8) is 0 Å². The van der Waals surface area contributed by atoms with Crippen molar-refractivity contribution < 1.29 is 0 Å². The van der Waals surface area contributed by atoms with E-state index in [1.807, 2.05) is 11.8 Å². The molecule has 2 saturated carbocycles. The average molecular weight is 304 g/mol. The molecule has 21 heavy (non-hydrogen) atoms. The minimum absolute atomic E-state index is 0.242. The summed E-state index contributed by atoms with van der Waals surface area (Å²) in [6.45, 7) is 8.07. The van der Waals surface area contributed by atoms with Crippen LogP contribution in [0.25, 0.3) is 0 Å². The highest BCUT2D eigenvalue weighted by Crippen LogP contribution is 2.61. The third-order valence-corrected chi connectivity index (χ3v) is 6.11. The van der Waals surface area contributed by atoms with Gasteiger partial charge in [0.15, 0.2) is 0 Å². The third kappa shape index (κ3) is 4.26. The van der Waals surface area contributed by atoms with Crippen molar-refractivity contribution in [2.45, 2.75) is 56.9 Å². The van der Waals surface area contributed by atoms with Gasteiger partial charge in [0.05, 0.1) is 0 Å². The first kappa shape index (κ1) is 15.4. The van der Waals surface area contributed by atoms with Gasteiger partial charge in [-0.15, -0.1) is 11.8 Å². The Kier molecular flexibility index (Phi) is 4.38. The fourth-order valence-corrected chi connectivity index (χ4v) is 4.92. The predicted octanol–water partition coefficient (Wildman–Crippen LogP) is 4.97. The molecule has 0 aliphatic heterocycles. The van der Waals surface area contributed by atoms with Gasteiger partial charge in [-0.05, 0) is 81.6 Å². The summed E-state index contributed by atoms with van der Waals surface area (Å²) in [7, 11) is 0. The SMILES string of the molecule is CC(C)(C)NCC1(CCSc2ccccc2)CC2CC2C1. The van der Waals surface area contributed by atoms with Crippen LogP contribution in [-0.4, -0.2) is 17.8 Å². The second-order valence-electron chi connectivity index (χ2n) is 8.18. The number of rotatable bonds is 6. The van der Waals surface area contributed by atoms with Crippen molar-refractivity contribution >= 4 is 11.8 Å². The van der Waals surface area contributed by atoms with Crippen LogP contribution < -0.4 is 5.32 Å². The van der Waals surface area contributed by atoms with Crippen LogP contribution in [0, 0.1) is 17.3 Å². The lowest BCUT2D eigenvalue weighted by molar-refractivity contribution is 0.217. The van der Waals surface area contributed by atoms with Crippen LogP contribution in [0.4, 0.5) is 0 Å². The Bertz CT molecular complexity index is 452. The molecule has 2 aliphatic rings. The molecule has 1 aromatic rings. The van der Waals surface area contributed by atoms with Crippen molar-refractivity contribution in [2.75, 3.05) is 12.3 Å². The Morgan fingerprint density at radius 3 is 2.43 bits per heavy atom. The molecule has 2 atom stereocenters. The number of thioether (sulfide) groups is 1. The maximum Gasteiger partial charge on any atom is 0.00967 e. The molecule has 2 fully saturated rings. The average Bonchev–Trinajstić information content (AvgIpc) is 3.05. The van der Waals surface area contributed by atoms with Gasteiger partial charge in [0.1, 0.15) is 0 Å². The molecule has 2 unspecified atom stereocenters. The number of benzene rings is 1. The van der Waals surface area contributed by atoms with E-state index < -0.39 is 0 Å². The molecule has 1 nitrogen and oxygen atoms in total. The smallest absolute Gasteiger partial charge is 0.00967 e. The lowest BCUT2D eigenvalue weighted by Gasteiger charge is -2.35. The molecule has 0 aromatic heterocycles. The lowest BCUT2D eigenvalue weighted by atomic mass is 9.79. The van der Waals surface area contributed by atoms with E-state index in [-0.39, 0.29) is 5.54 Å². The highest BCUT2D eigenvalue weighted by molar-refractivity contribution is 7.99. The van der Waals surface area contributed by atoms with Crippen LogP contribution in [0.2, 0.25) is 0 Å². The largest absolute Gasteiger partial charge is 0.312 e. The summed E-state index contributed by atoms with van der Waals surface area (Å²) >= 11 is 2.03. The van der Waals surface area contributed by atoms with E-state index in [0.717, 1.165) is 11.8 Å². The van der Waals surface area contributed by atoms with Crippen LogP contribution in [0.5, 0.6) is 0 Å². The summed E-state index contributed by atoms with van der Waals surface area (Å²) in [5.41, 5.74) is 0.814. The van der Waals surface area contributed by atoms with Crippen LogP contribution in [0.1, 0.15) is 46.5 Å². The topological polar surface area (TPSA) is 12.0 Å². The number of hydrogen-bond acceptors (Lipinski definition) is 2. The van der Waals surface area contributed by atoms with E-state index in [0.29, 0.717) is 5.41 Å². The summed E-state index contributed by atoms with van der Waals surface area (Å²) < 4.78 is 0. The zero-order chi connectivity index (χ0) is 14.9. The second-order valence-corrected chi connectivity index (χ2v) is 9.35.